The predicted octanol–water partition coefficient (Wildman–Crippen LogP) is 1.04. The first-order chi connectivity index (χ1) is 6.92. The van der Waals surface area contributed by atoms with Crippen LogP contribution in [-0.2, 0) is 16.1 Å². The van der Waals surface area contributed by atoms with E-state index in [0.29, 0.717) is 12.8 Å². The first kappa shape index (κ1) is 14.5. The van der Waals surface area contributed by atoms with Crippen molar-refractivity contribution in [2.45, 2.75) is 39.5 Å². The maximum absolute atomic E-state index is 11.0. The summed E-state index contributed by atoms with van der Waals surface area (Å²) in [6.07, 6.45) is 2.66. The molecule has 5 nitrogen and oxygen atoms in total. The fourth-order valence-corrected chi connectivity index (χ4v) is 1.58. The Labute approximate surface area is 92.7 Å². The van der Waals surface area contributed by atoms with E-state index in [1.54, 1.807) is 6.92 Å². The molecule has 90 valence electrons. The molecule has 0 rings (SSSR count). The number of unbranched alkanes of at least 4 members (excludes halogenated alkanes) is 1. The molecule has 2 N–H and O–H groups in total. The number of hydrogen-bond donors (Lipinski definition) is 2. The summed E-state index contributed by atoms with van der Waals surface area (Å²) >= 11 is -2.31. The summed E-state index contributed by atoms with van der Waals surface area (Å²) in [6, 6.07) is 0. The zero-order valence-corrected chi connectivity index (χ0v) is 9.93. The number of nitrogens with one attached hydrogen (secondary N) is 1. The van der Waals surface area contributed by atoms with Gasteiger partial charge in [0.1, 0.15) is 0 Å². The molecule has 2 unspecified atom stereocenters. The average Bonchev–Trinajstić information content (AvgIpc) is 2.14. The summed E-state index contributed by atoms with van der Waals surface area (Å²) in [5.74, 6) is -0.866. The third-order valence-corrected chi connectivity index (χ3v) is 2.93. The minimum Gasteiger partial charge on any atom is -0.760 e. The van der Waals surface area contributed by atoms with Crippen molar-refractivity contribution in [3.05, 3.63) is 0 Å². The van der Waals surface area contributed by atoms with Crippen molar-refractivity contribution in [2.75, 3.05) is 6.54 Å². The van der Waals surface area contributed by atoms with Crippen molar-refractivity contribution in [3.63, 3.8) is 0 Å². The van der Waals surface area contributed by atoms with Crippen LogP contribution in [0.3, 0.4) is 0 Å². The molecule has 0 saturated heterocycles. The maximum Gasteiger partial charge on any atom is 0.309 e. The van der Waals surface area contributed by atoms with Gasteiger partial charge >= 0.3 is 5.97 Å². The summed E-state index contributed by atoms with van der Waals surface area (Å²) in [4.78, 5) is 11.0. The number of carboxylic acids is 1. The monoisotopic (exact) mass is 236 g/mol. The molecule has 0 saturated carbocycles. The number of carboxylic acid groups (broad SMARTS) is 1. The van der Waals surface area contributed by atoms with Gasteiger partial charge in [0, 0.05) is 17.8 Å². The Balaban J connectivity index is 4.13. The van der Waals surface area contributed by atoms with Crippen molar-refractivity contribution < 1.29 is 18.7 Å². The molecule has 0 amide bonds. The van der Waals surface area contributed by atoms with Gasteiger partial charge in [0.25, 0.3) is 0 Å². The highest BCUT2D eigenvalue weighted by molar-refractivity contribution is 7.77. The van der Waals surface area contributed by atoms with Crippen molar-refractivity contribution in [2.24, 2.45) is 5.41 Å². The Hall–Kier alpha value is -0.460. The maximum atomic E-state index is 11.0. The molecule has 6 heteroatoms. The van der Waals surface area contributed by atoms with Crippen LogP contribution in [0.1, 0.15) is 39.5 Å². The van der Waals surface area contributed by atoms with Gasteiger partial charge < -0.3 is 9.66 Å². The minimum absolute atomic E-state index is 0.169. The summed E-state index contributed by atoms with van der Waals surface area (Å²) in [5.41, 5.74) is -0.831. The topological polar surface area (TPSA) is 89.5 Å². The van der Waals surface area contributed by atoms with Crippen LogP contribution >= 0.6 is 0 Å². The van der Waals surface area contributed by atoms with Gasteiger partial charge in [-0.2, -0.15) is 0 Å². The predicted molar refractivity (Wildman–Crippen MR) is 56.8 cm³/mol. The molecule has 0 aliphatic rings. The van der Waals surface area contributed by atoms with Gasteiger partial charge in [-0.05, 0) is 19.8 Å². The normalized spacial score (nSPS) is 17.0. The van der Waals surface area contributed by atoms with Gasteiger partial charge in [-0.25, -0.2) is 4.72 Å². The number of carbonyl (C=O) groups is 1. The second-order valence-electron chi connectivity index (χ2n) is 3.85. The molecule has 2 atom stereocenters. The van der Waals surface area contributed by atoms with Gasteiger partial charge in [-0.15, -0.1) is 0 Å². The van der Waals surface area contributed by atoms with Gasteiger partial charge in [-0.3, -0.25) is 9.00 Å². The van der Waals surface area contributed by atoms with Crippen LogP contribution in [0.4, 0.5) is 0 Å². The van der Waals surface area contributed by atoms with E-state index >= 15 is 0 Å². The highest BCUT2D eigenvalue weighted by Gasteiger charge is 2.31. The Kier molecular flexibility index (Phi) is 6.71. The summed E-state index contributed by atoms with van der Waals surface area (Å²) in [5, 5.41) is 9.04. The Morgan fingerprint density at radius 1 is 1.53 bits per heavy atom. The highest BCUT2D eigenvalue weighted by atomic mass is 32.2. The van der Waals surface area contributed by atoms with E-state index in [-0.39, 0.29) is 6.54 Å². The van der Waals surface area contributed by atoms with E-state index in [1.807, 2.05) is 6.92 Å². The molecule has 0 radical (unpaired) electrons. The lowest BCUT2D eigenvalue weighted by Crippen LogP contribution is -2.32. The Morgan fingerprint density at radius 3 is 2.53 bits per heavy atom. The van der Waals surface area contributed by atoms with E-state index in [1.165, 1.54) is 0 Å². The van der Waals surface area contributed by atoms with Crippen LogP contribution in [0.15, 0.2) is 0 Å². The lowest BCUT2D eigenvalue weighted by Gasteiger charge is -2.24. The molecule has 0 aromatic rings. The zero-order chi connectivity index (χ0) is 11.9. The van der Waals surface area contributed by atoms with Gasteiger partial charge in [0.2, 0.25) is 0 Å². The van der Waals surface area contributed by atoms with E-state index in [4.69, 9.17) is 5.11 Å². The third kappa shape index (κ3) is 5.86. The molecular weight excluding hydrogens is 218 g/mol. The molecule has 0 aliphatic heterocycles. The molecule has 0 spiro atoms. The molecule has 0 aromatic heterocycles. The van der Waals surface area contributed by atoms with Crippen LogP contribution in [0.25, 0.3) is 0 Å². The Bertz CT molecular complexity index is 234. The smallest absolute Gasteiger partial charge is 0.309 e. The number of rotatable bonds is 8. The van der Waals surface area contributed by atoms with E-state index in [9.17, 15) is 13.6 Å². The lowest BCUT2D eigenvalue weighted by molar-refractivity contribution is -0.148. The second kappa shape index (κ2) is 6.92. The highest BCUT2D eigenvalue weighted by Crippen LogP contribution is 2.28. The van der Waals surface area contributed by atoms with E-state index in [2.05, 4.69) is 4.72 Å². The number of hydrogen-bond acceptors (Lipinski definition) is 3. The van der Waals surface area contributed by atoms with Crippen molar-refractivity contribution in [1.29, 1.82) is 0 Å². The van der Waals surface area contributed by atoms with Crippen molar-refractivity contribution in [1.82, 2.24) is 4.72 Å². The quantitative estimate of drug-likeness (QED) is 0.616. The molecular formula is C9H18NO4S-. The second-order valence-corrected chi connectivity index (χ2v) is 4.61. The molecule has 0 heterocycles. The average molecular weight is 236 g/mol. The first-order valence-electron chi connectivity index (χ1n) is 4.98. The van der Waals surface area contributed by atoms with Gasteiger partial charge in [0.05, 0.1) is 5.41 Å². The van der Waals surface area contributed by atoms with Crippen LogP contribution in [0.5, 0.6) is 0 Å². The summed E-state index contributed by atoms with van der Waals surface area (Å²) < 4.78 is 22.6. The van der Waals surface area contributed by atoms with Crippen LogP contribution in [-0.4, -0.2) is 26.4 Å². The summed E-state index contributed by atoms with van der Waals surface area (Å²) in [6.45, 7) is 3.82. The molecule has 0 aliphatic carbocycles. The Morgan fingerprint density at radius 2 is 2.13 bits per heavy atom. The van der Waals surface area contributed by atoms with E-state index in [0.717, 1.165) is 12.8 Å². The van der Waals surface area contributed by atoms with Crippen LogP contribution in [0, 0.1) is 5.41 Å². The zero-order valence-electron chi connectivity index (χ0n) is 9.12. The van der Waals surface area contributed by atoms with Crippen molar-refractivity contribution >= 4 is 17.2 Å². The van der Waals surface area contributed by atoms with Crippen LogP contribution in [0.2, 0.25) is 0 Å². The fraction of sp³-hybridized carbons (Fsp3) is 0.889. The number of aliphatic carboxylic acids is 1. The molecule has 0 bridgehead atoms. The SMILES string of the molecule is CCCCC(C)(CCNS(=O)[O-])C(=O)O. The molecule has 0 fully saturated rings. The van der Waals surface area contributed by atoms with Gasteiger partial charge in [-0.1, -0.05) is 19.8 Å². The van der Waals surface area contributed by atoms with Crippen molar-refractivity contribution in [3.8, 4) is 0 Å². The lowest BCUT2D eigenvalue weighted by atomic mass is 9.82. The standard InChI is InChI=1S/C9H19NO4S/c1-3-4-5-9(2,8(11)12)6-7-10-15(13)14/h10H,3-7H2,1-2H3,(H,11,12)(H,13,14)/p-1. The minimum atomic E-state index is -2.31. The summed E-state index contributed by atoms with van der Waals surface area (Å²) in [7, 11) is 0. The fourth-order valence-electron chi connectivity index (χ4n) is 1.32. The van der Waals surface area contributed by atoms with E-state index < -0.39 is 22.7 Å². The van der Waals surface area contributed by atoms with Crippen LogP contribution < -0.4 is 4.72 Å². The first-order valence-corrected chi connectivity index (χ1v) is 6.06. The van der Waals surface area contributed by atoms with Gasteiger partial charge in [0.15, 0.2) is 0 Å². The molecule has 0 aromatic carbocycles. The molecule has 15 heavy (non-hydrogen) atoms. The third-order valence-electron chi connectivity index (χ3n) is 2.50. The largest absolute Gasteiger partial charge is 0.760 e.